The first kappa shape index (κ1) is 20.5. The minimum absolute atomic E-state index is 0.0414. The molecule has 36 heavy (non-hydrogen) atoms. The van der Waals surface area contributed by atoms with Crippen LogP contribution < -0.4 is 20.9 Å². The van der Waals surface area contributed by atoms with E-state index < -0.39 is 22.6 Å². The van der Waals surface area contributed by atoms with Crippen LogP contribution in [0.5, 0.6) is 11.5 Å². The molecule has 2 aliphatic rings. The van der Waals surface area contributed by atoms with Crippen molar-refractivity contribution < 1.29 is 18.4 Å². The van der Waals surface area contributed by atoms with Gasteiger partial charge in [0.15, 0.2) is 11.5 Å². The lowest BCUT2D eigenvalue weighted by atomic mass is 9.69. The number of para-hydroxylation sites is 3. The number of carbonyl (C=O) groups is 1. The smallest absolute Gasteiger partial charge is 0.345 e. The maximum Gasteiger partial charge on any atom is 0.345 e. The Morgan fingerprint density at radius 1 is 0.750 bits per heavy atom. The van der Waals surface area contributed by atoms with Crippen molar-refractivity contribution in [1.29, 1.82) is 0 Å². The van der Waals surface area contributed by atoms with Gasteiger partial charge in [-0.1, -0.05) is 48.5 Å². The minimum atomic E-state index is -1.82. The SMILES string of the molecule is C=CCN1C(=O)C2(c3ccccc31)c1c(c3ccccc3oc1=O)Oc1c2c(=O)oc2ccccc12. The molecular weight excluding hydrogens is 458 g/mol. The molecule has 0 atom stereocenters. The number of fused-ring (bicyclic) bond motifs is 10. The molecule has 2 aliphatic heterocycles. The Morgan fingerprint density at radius 3 is 1.86 bits per heavy atom. The first-order chi connectivity index (χ1) is 17.6. The molecule has 0 fully saturated rings. The van der Waals surface area contributed by atoms with E-state index >= 15 is 0 Å². The van der Waals surface area contributed by atoms with E-state index in [0.717, 1.165) is 0 Å². The van der Waals surface area contributed by atoms with Crippen LogP contribution in [0.3, 0.4) is 0 Å². The van der Waals surface area contributed by atoms with Crippen LogP contribution in [0.25, 0.3) is 21.9 Å². The third-order valence-electron chi connectivity index (χ3n) is 6.96. The summed E-state index contributed by atoms with van der Waals surface area (Å²) in [6.07, 6.45) is 1.60. The fourth-order valence-electron chi connectivity index (χ4n) is 5.58. The van der Waals surface area contributed by atoms with E-state index in [1.165, 1.54) is 4.90 Å². The number of hydrogen-bond donors (Lipinski definition) is 0. The summed E-state index contributed by atoms with van der Waals surface area (Å²) in [6, 6.07) is 21.0. The lowest BCUT2D eigenvalue weighted by molar-refractivity contribution is -0.120. The molecule has 1 spiro atoms. The van der Waals surface area contributed by atoms with Crippen molar-refractivity contribution in [2.24, 2.45) is 0 Å². The Kier molecular flexibility index (Phi) is 4.01. The monoisotopic (exact) mass is 475 g/mol. The molecule has 1 amide bonds. The minimum Gasteiger partial charge on any atom is -0.455 e. The second-order valence-electron chi connectivity index (χ2n) is 8.75. The number of benzene rings is 3. The molecule has 7 heteroatoms. The number of carbonyl (C=O) groups excluding carboxylic acids is 1. The topological polar surface area (TPSA) is 90.0 Å². The van der Waals surface area contributed by atoms with Crippen LogP contribution in [-0.4, -0.2) is 12.5 Å². The summed E-state index contributed by atoms with van der Waals surface area (Å²) < 4.78 is 17.8. The number of amides is 1. The van der Waals surface area contributed by atoms with Gasteiger partial charge in [-0.05, 0) is 30.3 Å². The maximum absolute atomic E-state index is 14.5. The predicted molar refractivity (Wildman–Crippen MR) is 134 cm³/mol. The third kappa shape index (κ3) is 2.34. The summed E-state index contributed by atoms with van der Waals surface area (Å²) in [4.78, 5) is 43.4. The Morgan fingerprint density at radius 2 is 1.28 bits per heavy atom. The second kappa shape index (κ2) is 7.05. The highest BCUT2D eigenvalue weighted by atomic mass is 16.5. The van der Waals surface area contributed by atoms with Crippen LogP contribution in [0.1, 0.15) is 16.7 Å². The quantitative estimate of drug-likeness (QED) is 0.267. The molecule has 0 saturated heterocycles. The third-order valence-corrected chi connectivity index (χ3v) is 6.96. The summed E-state index contributed by atoms with van der Waals surface area (Å²) in [6.45, 7) is 3.97. The Labute approximate surface area is 203 Å². The van der Waals surface area contributed by atoms with Crippen LogP contribution >= 0.6 is 0 Å². The van der Waals surface area contributed by atoms with Crippen LogP contribution in [0.4, 0.5) is 5.69 Å². The fraction of sp³-hybridized carbons (Fsp3) is 0.0690. The van der Waals surface area contributed by atoms with Gasteiger partial charge in [0.25, 0.3) is 0 Å². The highest BCUT2D eigenvalue weighted by Crippen LogP contribution is 2.58. The molecule has 0 saturated carbocycles. The van der Waals surface area contributed by atoms with Gasteiger partial charge < -0.3 is 18.5 Å². The highest BCUT2D eigenvalue weighted by Gasteiger charge is 2.61. The molecule has 0 radical (unpaired) electrons. The molecule has 0 bridgehead atoms. The summed E-state index contributed by atoms with van der Waals surface area (Å²) in [7, 11) is 0. The van der Waals surface area contributed by atoms with Gasteiger partial charge in [-0.2, -0.15) is 0 Å². The lowest BCUT2D eigenvalue weighted by Crippen LogP contribution is -2.49. The Hall–Kier alpha value is -4.91. The molecule has 0 unspecified atom stereocenters. The molecule has 4 heterocycles. The van der Waals surface area contributed by atoms with Gasteiger partial charge in [-0.25, -0.2) is 9.59 Å². The molecule has 2 aromatic heterocycles. The van der Waals surface area contributed by atoms with Crippen LogP contribution in [0.15, 0.2) is 104 Å². The first-order valence-electron chi connectivity index (χ1n) is 11.4. The van der Waals surface area contributed by atoms with Crippen LogP contribution in [0, 0.1) is 0 Å². The van der Waals surface area contributed by atoms with E-state index in [2.05, 4.69) is 6.58 Å². The first-order valence-corrected chi connectivity index (χ1v) is 11.4. The van der Waals surface area contributed by atoms with E-state index in [0.29, 0.717) is 33.2 Å². The van der Waals surface area contributed by atoms with E-state index in [1.807, 2.05) is 0 Å². The van der Waals surface area contributed by atoms with Gasteiger partial charge in [0, 0.05) is 17.8 Å². The molecule has 7 nitrogen and oxygen atoms in total. The normalized spacial score (nSPS) is 15.0. The molecular formula is C29H17NO6. The molecule has 3 aromatic carbocycles. The van der Waals surface area contributed by atoms with Crippen LogP contribution in [-0.2, 0) is 10.2 Å². The zero-order chi connectivity index (χ0) is 24.6. The predicted octanol–water partition coefficient (Wildman–Crippen LogP) is 4.87. The summed E-state index contributed by atoms with van der Waals surface area (Å²) in [5, 5.41) is 1.03. The standard InChI is InChI=1S/C29H17NO6/c1-2-15-30-19-12-6-5-11-18(19)29(28(30)33)22-24(16-9-3-7-13-20(16)34-26(22)31)36-25-17-10-4-8-14-21(17)35-27(32)23(25)29/h2-14H,1,15H2. The van der Waals surface area contributed by atoms with Gasteiger partial charge in [0.1, 0.15) is 27.7 Å². The molecule has 5 aromatic rings. The fourth-order valence-corrected chi connectivity index (χ4v) is 5.58. The summed E-state index contributed by atoms with van der Waals surface area (Å²) in [5.74, 6) is -0.0954. The van der Waals surface area contributed by atoms with Gasteiger partial charge in [0.2, 0.25) is 5.91 Å². The van der Waals surface area contributed by atoms with Crippen molar-refractivity contribution in [2.75, 3.05) is 11.4 Å². The van der Waals surface area contributed by atoms with E-state index in [1.54, 1.807) is 78.9 Å². The maximum atomic E-state index is 14.5. The molecule has 174 valence electrons. The molecule has 7 rings (SSSR count). The van der Waals surface area contributed by atoms with Gasteiger partial charge in [0.05, 0.1) is 10.8 Å². The number of anilines is 1. The van der Waals surface area contributed by atoms with E-state index in [9.17, 15) is 14.4 Å². The van der Waals surface area contributed by atoms with Gasteiger partial charge in [-0.15, -0.1) is 6.58 Å². The Bertz CT molecular complexity index is 1800. The molecule has 0 N–H and O–H groups in total. The zero-order valence-corrected chi connectivity index (χ0v) is 18.8. The average molecular weight is 475 g/mol. The number of nitrogens with zero attached hydrogens (tertiary/aromatic N) is 1. The summed E-state index contributed by atoms with van der Waals surface area (Å²) >= 11 is 0. The highest BCUT2D eigenvalue weighted by molar-refractivity contribution is 6.15. The van der Waals surface area contributed by atoms with E-state index in [4.69, 9.17) is 13.6 Å². The number of rotatable bonds is 2. The molecule has 0 aliphatic carbocycles. The van der Waals surface area contributed by atoms with Crippen molar-refractivity contribution in [1.82, 2.24) is 0 Å². The van der Waals surface area contributed by atoms with Crippen molar-refractivity contribution in [2.45, 2.75) is 5.41 Å². The largest absolute Gasteiger partial charge is 0.455 e. The van der Waals surface area contributed by atoms with Crippen molar-refractivity contribution in [3.8, 4) is 11.5 Å². The van der Waals surface area contributed by atoms with Crippen LogP contribution in [0.2, 0.25) is 0 Å². The summed E-state index contributed by atoms with van der Waals surface area (Å²) in [5.41, 5.74) is -1.74. The zero-order valence-electron chi connectivity index (χ0n) is 18.8. The Balaban J connectivity index is 1.75. The average Bonchev–Trinajstić information content (AvgIpc) is 3.12. The van der Waals surface area contributed by atoms with Gasteiger partial charge in [-0.3, -0.25) is 4.79 Å². The lowest BCUT2D eigenvalue weighted by Gasteiger charge is -2.34. The number of hydrogen-bond acceptors (Lipinski definition) is 6. The van der Waals surface area contributed by atoms with Gasteiger partial charge >= 0.3 is 11.3 Å². The van der Waals surface area contributed by atoms with Crippen molar-refractivity contribution in [3.63, 3.8) is 0 Å². The van der Waals surface area contributed by atoms with E-state index in [-0.39, 0.29) is 29.2 Å². The van der Waals surface area contributed by atoms with Crippen molar-refractivity contribution >= 4 is 33.5 Å². The second-order valence-corrected chi connectivity index (χ2v) is 8.75. The number of ether oxygens (including phenoxy) is 1. The van der Waals surface area contributed by atoms with Crippen molar-refractivity contribution in [3.05, 3.63) is 123 Å².